The second-order valence-corrected chi connectivity index (χ2v) is 10.8. The molecule has 1 amide bonds. The van der Waals surface area contributed by atoms with Gasteiger partial charge in [0.1, 0.15) is 11.9 Å². The van der Waals surface area contributed by atoms with E-state index in [1.165, 1.54) is 38.5 Å². The molecule has 1 fully saturated rings. The topological polar surface area (TPSA) is 48.0 Å². The fourth-order valence-corrected chi connectivity index (χ4v) is 5.49. The number of carbonyl (C=O) groups excluding carboxylic acids is 1. The van der Waals surface area contributed by atoms with E-state index in [1.807, 2.05) is 77.7 Å². The SMILES string of the molecule is CCCCCCCCC[C@H]1[C@@H](OCc2ccccc2)[C@H](OCc2ccccc2)C(=O)N1Cc1ccc(OC)cc1. The van der Waals surface area contributed by atoms with Gasteiger partial charge in [0, 0.05) is 6.54 Å². The molecule has 5 nitrogen and oxygen atoms in total. The molecule has 0 unspecified atom stereocenters. The van der Waals surface area contributed by atoms with Gasteiger partial charge in [0.25, 0.3) is 5.91 Å². The van der Waals surface area contributed by atoms with E-state index in [9.17, 15) is 4.79 Å². The Morgan fingerprint density at radius 1 is 0.675 bits per heavy atom. The average Bonchev–Trinajstić information content (AvgIpc) is 3.24. The Morgan fingerprint density at radius 2 is 1.25 bits per heavy atom. The maximum absolute atomic E-state index is 14.0. The van der Waals surface area contributed by atoms with Gasteiger partial charge in [-0.2, -0.15) is 0 Å². The van der Waals surface area contributed by atoms with E-state index in [0.717, 1.165) is 35.3 Å². The zero-order valence-corrected chi connectivity index (χ0v) is 24.2. The van der Waals surface area contributed by atoms with Crippen LogP contribution >= 0.6 is 0 Å². The number of amides is 1. The lowest BCUT2D eigenvalue weighted by atomic mass is 10.0. The summed E-state index contributed by atoms with van der Waals surface area (Å²) >= 11 is 0. The summed E-state index contributed by atoms with van der Waals surface area (Å²) in [5.74, 6) is 0.821. The van der Waals surface area contributed by atoms with Gasteiger partial charge in [-0.3, -0.25) is 4.79 Å². The predicted octanol–water partition coefficient (Wildman–Crippen LogP) is 7.72. The number of benzene rings is 3. The molecule has 0 radical (unpaired) electrons. The van der Waals surface area contributed by atoms with Crippen LogP contribution in [0.15, 0.2) is 84.9 Å². The Bertz CT molecular complexity index is 1120. The summed E-state index contributed by atoms with van der Waals surface area (Å²) in [4.78, 5) is 16.0. The minimum absolute atomic E-state index is 0.0118. The fraction of sp³-hybridized carbons (Fsp3) is 0.457. The molecule has 0 aromatic heterocycles. The molecule has 1 aliphatic rings. The van der Waals surface area contributed by atoms with Crippen molar-refractivity contribution in [1.82, 2.24) is 4.90 Å². The number of hydrogen-bond acceptors (Lipinski definition) is 4. The van der Waals surface area contributed by atoms with Gasteiger partial charge >= 0.3 is 0 Å². The second kappa shape index (κ2) is 16.2. The van der Waals surface area contributed by atoms with Gasteiger partial charge in [0.05, 0.1) is 26.4 Å². The molecular formula is C35H45NO4. The lowest BCUT2D eigenvalue weighted by Gasteiger charge is -2.28. The summed E-state index contributed by atoms with van der Waals surface area (Å²) in [5.41, 5.74) is 3.22. The predicted molar refractivity (Wildman–Crippen MR) is 160 cm³/mol. The maximum Gasteiger partial charge on any atom is 0.255 e. The van der Waals surface area contributed by atoms with Gasteiger partial charge in [-0.25, -0.2) is 0 Å². The van der Waals surface area contributed by atoms with Crippen LogP contribution in [-0.2, 0) is 34.0 Å². The third-order valence-electron chi connectivity index (χ3n) is 7.78. The Balaban J connectivity index is 1.52. The van der Waals surface area contributed by atoms with Gasteiger partial charge in [-0.15, -0.1) is 0 Å². The second-order valence-electron chi connectivity index (χ2n) is 10.8. The van der Waals surface area contributed by atoms with E-state index in [-0.39, 0.29) is 18.1 Å². The first-order valence-corrected chi connectivity index (χ1v) is 14.9. The van der Waals surface area contributed by atoms with Crippen molar-refractivity contribution in [1.29, 1.82) is 0 Å². The summed E-state index contributed by atoms with van der Waals surface area (Å²) < 4.78 is 18.3. The van der Waals surface area contributed by atoms with Crippen LogP contribution in [0, 0.1) is 0 Å². The number of nitrogens with zero attached hydrogens (tertiary/aromatic N) is 1. The van der Waals surface area contributed by atoms with E-state index >= 15 is 0 Å². The summed E-state index contributed by atoms with van der Waals surface area (Å²) in [6, 6.07) is 28.2. The van der Waals surface area contributed by atoms with Gasteiger partial charge in [0.15, 0.2) is 6.10 Å². The number of carbonyl (C=O) groups is 1. The summed E-state index contributed by atoms with van der Waals surface area (Å²) in [6.45, 7) is 3.61. The summed E-state index contributed by atoms with van der Waals surface area (Å²) in [6.07, 6.45) is 8.56. The first-order valence-electron chi connectivity index (χ1n) is 14.9. The molecule has 214 valence electrons. The lowest BCUT2D eigenvalue weighted by molar-refractivity contribution is -0.142. The highest BCUT2D eigenvalue weighted by Gasteiger charge is 2.49. The largest absolute Gasteiger partial charge is 0.497 e. The smallest absolute Gasteiger partial charge is 0.255 e. The minimum Gasteiger partial charge on any atom is -0.497 e. The highest BCUT2D eigenvalue weighted by molar-refractivity contribution is 5.85. The summed E-state index contributed by atoms with van der Waals surface area (Å²) in [7, 11) is 1.67. The Labute approximate surface area is 240 Å². The number of likely N-dealkylation sites (tertiary alicyclic amines) is 1. The van der Waals surface area contributed by atoms with Gasteiger partial charge < -0.3 is 19.1 Å². The molecule has 1 aliphatic heterocycles. The van der Waals surface area contributed by atoms with Crippen molar-refractivity contribution in [2.45, 2.75) is 96.3 Å². The molecule has 3 atom stereocenters. The molecule has 4 rings (SSSR count). The fourth-order valence-electron chi connectivity index (χ4n) is 5.49. The first kappa shape index (κ1) is 29.8. The van der Waals surface area contributed by atoms with Crippen LogP contribution in [0.25, 0.3) is 0 Å². The number of ether oxygens (including phenoxy) is 3. The van der Waals surface area contributed by atoms with E-state index < -0.39 is 6.10 Å². The third-order valence-corrected chi connectivity index (χ3v) is 7.78. The van der Waals surface area contributed by atoms with Gasteiger partial charge in [0.2, 0.25) is 0 Å². The Hall–Kier alpha value is -3.15. The van der Waals surface area contributed by atoms with E-state index in [0.29, 0.717) is 19.8 Å². The Morgan fingerprint density at radius 3 is 1.85 bits per heavy atom. The third kappa shape index (κ3) is 8.67. The zero-order chi connectivity index (χ0) is 28.0. The van der Waals surface area contributed by atoms with Crippen molar-refractivity contribution in [2.24, 2.45) is 0 Å². The van der Waals surface area contributed by atoms with E-state index in [4.69, 9.17) is 14.2 Å². The number of hydrogen-bond donors (Lipinski definition) is 0. The molecule has 1 heterocycles. The van der Waals surface area contributed by atoms with Crippen LogP contribution < -0.4 is 4.74 Å². The molecule has 1 saturated heterocycles. The standard InChI is InChI=1S/C35H45NO4/c1-3-4-5-6-7-8-15-20-32-33(39-26-29-16-11-9-12-17-29)34(40-27-30-18-13-10-14-19-30)35(37)36(32)25-28-21-23-31(38-2)24-22-28/h9-14,16-19,21-24,32-34H,3-8,15,20,25-27H2,1-2H3/t32-,33+,34-/m0/s1. The number of methoxy groups -OCH3 is 1. The molecule has 0 bridgehead atoms. The highest BCUT2D eigenvalue weighted by Crippen LogP contribution is 2.32. The van der Waals surface area contributed by atoms with Crippen molar-refractivity contribution in [2.75, 3.05) is 7.11 Å². The van der Waals surface area contributed by atoms with Crippen molar-refractivity contribution < 1.29 is 19.0 Å². The van der Waals surface area contributed by atoms with Crippen LogP contribution in [0.3, 0.4) is 0 Å². The molecule has 5 heteroatoms. The molecular weight excluding hydrogens is 498 g/mol. The maximum atomic E-state index is 14.0. The Kier molecular flexibility index (Phi) is 12.1. The average molecular weight is 544 g/mol. The van der Waals surface area contributed by atoms with Crippen molar-refractivity contribution in [3.8, 4) is 5.75 Å². The zero-order valence-electron chi connectivity index (χ0n) is 24.2. The molecule has 3 aromatic carbocycles. The lowest BCUT2D eigenvalue weighted by Crippen LogP contribution is -2.38. The molecule has 0 N–H and O–H groups in total. The molecule has 0 saturated carbocycles. The monoisotopic (exact) mass is 543 g/mol. The van der Waals surface area contributed by atoms with Crippen LogP contribution in [-0.4, -0.2) is 36.2 Å². The molecule has 0 aliphatic carbocycles. The van der Waals surface area contributed by atoms with Crippen molar-refractivity contribution >= 4 is 5.91 Å². The molecule has 40 heavy (non-hydrogen) atoms. The summed E-state index contributed by atoms with van der Waals surface area (Å²) in [5, 5.41) is 0. The van der Waals surface area contributed by atoms with Crippen LogP contribution in [0.5, 0.6) is 5.75 Å². The quantitative estimate of drug-likeness (QED) is 0.164. The van der Waals surface area contributed by atoms with E-state index in [2.05, 4.69) is 19.1 Å². The van der Waals surface area contributed by atoms with Gasteiger partial charge in [-0.05, 0) is 35.2 Å². The number of unbranched alkanes of at least 4 members (excludes halogenated alkanes) is 6. The first-order chi connectivity index (χ1) is 19.7. The van der Waals surface area contributed by atoms with E-state index in [1.54, 1.807) is 7.11 Å². The normalized spacial score (nSPS) is 18.8. The molecule has 0 spiro atoms. The van der Waals surface area contributed by atoms with Crippen LogP contribution in [0.1, 0.15) is 75.0 Å². The minimum atomic E-state index is -0.642. The highest BCUT2D eigenvalue weighted by atomic mass is 16.5. The van der Waals surface area contributed by atoms with Crippen molar-refractivity contribution in [3.05, 3.63) is 102 Å². The van der Waals surface area contributed by atoms with Crippen molar-refractivity contribution in [3.63, 3.8) is 0 Å². The van der Waals surface area contributed by atoms with Gasteiger partial charge in [-0.1, -0.05) is 125 Å². The van der Waals surface area contributed by atoms with Crippen LogP contribution in [0.4, 0.5) is 0 Å². The van der Waals surface area contributed by atoms with Crippen LogP contribution in [0.2, 0.25) is 0 Å². The molecule has 3 aromatic rings. The number of rotatable bonds is 17.